The molecule has 8 heavy (non-hydrogen) atoms. The van der Waals surface area contributed by atoms with Crippen molar-refractivity contribution >= 4 is 23.2 Å². The molecule has 0 saturated carbocycles. The Hall–Kier alpha value is 0.330. The van der Waals surface area contributed by atoms with E-state index in [0.29, 0.717) is 0 Å². The van der Waals surface area contributed by atoms with Gasteiger partial charge in [-0.05, 0) is 0 Å². The van der Waals surface area contributed by atoms with Crippen LogP contribution in [0, 0.1) is 0 Å². The van der Waals surface area contributed by atoms with E-state index in [0.717, 1.165) is 0 Å². The fourth-order valence-corrected chi connectivity index (χ4v) is 0. The number of aliphatic hydroxyl groups is 1. The van der Waals surface area contributed by atoms with Crippen LogP contribution in [0.15, 0.2) is 0 Å². The van der Waals surface area contributed by atoms with Gasteiger partial charge in [0.25, 0.3) is 0 Å². The lowest BCUT2D eigenvalue weighted by molar-refractivity contribution is -0.232. The maximum atomic E-state index is 11.4. The maximum absolute atomic E-state index is 11.4. The highest BCUT2D eigenvalue weighted by Gasteiger charge is 2.51. The van der Waals surface area contributed by atoms with E-state index in [1.54, 1.807) is 0 Å². The Morgan fingerprint density at radius 3 is 1.25 bits per heavy atom. The number of alkyl halides is 5. The third-order valence-corrected chi connectivity index (χ3v) is 0.796. The predicted octanol–water partition coefficient (Wildman–Crippen LogP) is 1.67. The van der Waals surface area contributed by atoms with Gasteiger partial charge in [0, 0.05) is 0 Å². The predicted molar refractivity (Wildman–Crippen MR) is 22.7 cm³/mol. The van der Waals surface area contributed by atoms with E-state index in [9.17, 15) is 13.2 Å². The fourth-order valence-electron chi connectivity index (χ4n) is 0. The number of halogens is 5. The fraction of sp³-hybridized carbons (Fsp3) is 1.00. The summed E-state index contributed by atoms with van der Waals surface area (Å²) in [5, 5.41) is 7.38. The van der Waals surface area contributed by atoms with Crippen molar-refractivity contribution in [1.82, 2.24) is 0 Å². The van der Waals surface area contributed by atoms with E-state index in [1.807, 2.05) is 0 Å². The van der Waals surface area contributed by atoms with Crippen molar-refractivity contribution < 1.29 is 18.3 Å². The molecule has 0 bridgehead atoms. The van der Waals surface area contributed by atoms with Crippen molar-refractivity contribution in [2.45, 2.75) is 10.7 Å². The summed E-state index contributed by atoms with van der Waals surface area (Å²) in [4.78, 5) is 0. The summed E-state index contributed by atoms with van der Waals surface area (Å²) in [5.74, 6) is 0. The highest BCUT2D eigenvalue weighted by Crippen LogP contribution is 2.37. The molecule has 0 radical (unpaired) electrons. The normalized spacial score (nSPS) is 14.2. The smallest absolute Gasteiger partial charge is 0.332 e. The Labute approximate surface area is 53.0 Å². The molecule has 0 spiro atoms. The SMILES string of the molecule is OC(F)(F)C(F)(Cl)Cl. The van der Waals surface area contributed by atoms with Gasteiger partial charge in [0.05, 0.1) is 0 Å². The van der Waals surface area contributed by atoms with Crippen LogP contribution in [-0.4, -0.2) is 15.8 Å². The zero-order chi connectivity index (χ0) is 7.00. The van der Waals surface area contributed by atoms with E-state index in [4.69, 9.17) is 5.11 Å². The second-order valence-corrected chi connectivity index (χ2v) is 2.27. The summed E-state index contributed by atoms with van der Waals surface area (Å²) in [7, 11) is 0. The van der Waals surface area contributed by atoms with Gasteiger partial charge < -0.3 is 5.11 Å². The van der Waals surface area contributed by atoms with Gasteiger partial charge in [-0.2, -0.15) is 13.2 Å². The summed E-state index contributed by atoms with van der Waals surface area (Å²) in [6.45, 7) is 0. The minimum atomic E-state index is -4.70. The van der Waals surface area contributed by atoms with E-state index in [2.05, 4.69) is 23.2 Å². The lowest BCUT2D eigenvalue weighted by atomic mass is 10.7. The van der Waals surface area contributed by atoms with Crippen molar-refractivity contribution in [2.24, 2.45) is 0 Å². The molecule has 0 rings (SSSR count). The van der Waals surface area contributed by atoms with Crippen LogP contribution >= 0.6 is 23.2 Å². The second kappa shape index (κ2) is 1.93. The minimum Gasteiger partial charge on any atom is -0.332 e. The van der Waals surface area contributed by atoms with Gasteiger partial charge in [-0.1, -0.05) is 23.2 Å². The average molecular weight is 169 g/mol. The molecule has 0 heterocycles. The first kappa shape index (κ1) is 8.33. The Balaban J connectivity index is 4.02. The van der Waals surface area contributed by atoms with E-state index < -0.39 is 10.7 Å². The average Bonchev–Trinajstić information content (AvgIpc) is 1.25. The first-order valence-corrected chi connectivity index (χ1v) is 2.17. The molecular formula is C2HCl2F3O. The van der Waals surface area contributed by atoms with Crippen molar-refractivity contribution in [3.63, 3.8) is 0 Å². The Bertz CT molecular complexity index is 70.3. The van der Waals surface area contributed by atoms with Crippen LogP contribution in [0.4, 0.5) is 13.2 Å². The maximum Gasteiger partial charge on any atom is 0.416 e. The standard InChI is InChI=1S/C2HCl2F3O/c3-1(4,5)2(6,7)8/h8H. The molecule has 0 aromatic rings. The zero-order valence-electron chi connectivity index (χ0n) is 3.34. The minimum absolute atomic E-state index is 3.90. The molecule has 0 fully saturated rings. The monoisotopic (exact) mass is 168 g/mol. The third kappa shape index (κ3) is 2.07. The van der Waals surface area contributed by atoms with Crippen LogP contribution in [-0.2, 0) is 0 Å². The molecule has 0 unspecified atom stereocenters. The summed E-state index contributed by atoms with van der Waals surface area (Å²) in [6, 6.07) is 0. The van der Waals surface area contributed by atoms with Gasteiger partial charge in [-0.15, -0.1) is 0 Å². The summed E-state index contributed by atoms with van der Waals surface area (Å²) in [6.07, 6.45) is -4.70. The van der Waals surface area contributed by atoms with Crippen molar-refractivity contribution in [3.05, 3.63) is 0 Å². The molecule has 0 aliphatic rings. The van der Waals surface area contributed by atoms with Gasteiger partial charge in [0.2, 0.25) is 0 Å². The van der Waals surface area contributed by atoms with Gasteiger partial charge >= 0.3 is 10.7 Å². The van der Waals surface area contributed by atoms with Crippen LogP contribution in [0.25, 0.3) is 0 Å². The molecule has 0 amide bonds. The lowest BCUT2D eigenvalue weighted by Crippen LogP contribution is -2.33. The van der Waals surface area contributed by atoms with E-state index >= 15 is 0 Å². The van der Waals surface area contributed by atoms with Gasteiger partial charge in [-0.25, -0.2) is 0 Å². The highest BCUT2D eigenvalue weighted by atomic mass is 35.5. The molecule has 6 heteroatoms. The summed E-state index contributed by atoms with van der Waals surface area (Å²) >= 11 is 8.22. The lowest BCUT2D eigenvalue weighted by Gasteiger charge is -2.14. The molecular weight excluding hydrogens is 168 g/mol. The molecule has 1 N–H and O–H groups in total. The molecule has 0 aliphatic heterocycles. The summed E-state index contributed by atoms with van der Waals surface area (Å²) in [5.41, 5.74) is 0. The van der Waals surface area contributed by atoms with Crippen molar-refractivity contribution in [2.75, 3.05) is 0 Å². The van der Waals surface area contributed by atoms with Crippen LogP contribution < -0.4 is 0 Å². The Morgan fingerprint density at radius 2 is 1.25 bits per heavy atom. The largest absolute Gasteiger partial charge is 0.416 e. The molecule has 0 saturated heterocycles. The zero-order valence-corrected chi connectivity index (χ0v) is 4.85. The van der Waals surface area contributed by atoms with E-state index in [-0.39, 0.29) is 0 Å². The number of hydrogen-bond acceptors (Lipinski definition) is 1. The van der Waals surface area contributed by atoms with Crippen LogP contribution in [0.5, 0.6) is 0 Å². The van der Waals surface area contributed by atoms with Crippen molar-refractivity contribution in [3.8, 4) is 0 Å². The Morgan fingerprint density at radius 1 is 1.12 bits per heavy atom. The third-order valence-electron chi connectivity index (χ3n) is 0.341. The first-order chi connectivity index (χ1) is 3.25. The molecule has 0 aromatic carbocycles. The second-order valence-electron chi connectivity index (χ2n) is 1.04. The highest BCUT2D eigenvalue weighted by molar-refractivity contribution is 6.47. The van der Waals surface area contributed by atoms with Gasteiger partial charge in [0.1, 0.15) is 0 Å². The first-order valence-electron chi connectivity index (χ1n) is 1.42. The summed E-state index contributed by atoms with van der Waals surface area (Å²) < 4.78 is 29.8. The van der Waals surface area contributed by atoms with Crippen LogP contribution in [0.2, 0.25) is 0 Å². The number of rotatable bonds is 1. The number of hydrogen-bond donors (Lipinski definition) is 1. The van der Waals surface area contributed by atoms with Crippen LogP contribution in [0.1, 0.15) is 0 Å². The van der Waals surface area contributed by atoms with Gasteiger partial charge in [0.15, 0.2) is 0 Å². The molecule has 0 aromatic heterocycles. The topological polar surface area (TPSA) is 20.2 Å². The Kier molecular flexibility index (Phi) is 2.01. The van der Waals surface area contributed by atoms with Crippen LogP contribution in [0.3, 0.4) is 0 Å². The van der Waals surface area contributed by atoms with Crippen molar-refractivity contribution in [1.29, 1.82) is 0 Å². The molecule has 50 valence electrons. The van der Waals surface area contributed by atoms with E-state index in [1.165, 1.54) is 0 Å². The molecule has 0 atom stereocenters. The molecule has 1 nitrogen and oxygen atoms in total. The quantitative estimate of drug-likeness (QED) is 0.591. The molecule has 0 aliphatic carbocycles. The van der Waals surface area contributed by atoms with Gasteiger partial charge in [-0.3, -0.25) is 0 Å².